The second kappa shape index (κ2) is 4.59. The Morgan fingerprint density at radius 1 is 1.60 bits per heavy atom. The molecule has 1 fully saturated rings. The van der Waals surface area contributed by atoms with Gasteiger partial charge in [-0.25, -0.2) is 0 Å². The highest BCUT2D eigenvalue weighted by Crippen LogP contribution is 2.14. The second-order valence-electron chi connectivity index (χ2n) is 3.63. The van der Waals surface area contributed by atoms with Gasteiger partial charge in [0.25, 0.3) is 0 Å². The van der Waals surface area contributed by atoms with Crippen LogP contribution in [0.3, 0.4) is 0 Å². The molecule has 6 nitrogen and oxygen atoms in total. The lowest BCUT2D eigenvalue weighted by Gasteiger charge is -2.40. The van der Waals surface area contributed by atoms with Gasteiger partial charge >= 0.3 is 5.97 Å². The van der Waals surface area contributed by atoms with Crippen molar-refractivity contribution < 1.29 is 19.8 Å². The number of carbonyl (C=O) groups is 2. The maximum absolute atomic E-state index is 11.7. The van der Waals surface area contributed by atoms with E-state index in [-0.39, 0.29) is 18.4 Å². The summed E-state index contributed by atoms with van der Waals surface area (Å²) in [6.45, 7) is 3.98. The smallest absolute Gasteiger partial charge is 0.305 e. The molecule has 1 heterocycles. The SMILES string of the molecule is CCN1C(=O)C(CC(=O)O)NC(O)C1C. The van der Waals surface area contributed by atoms with Crippen molar-refractivity contribution >= 4 is 11.9 Å². The van der Waals surface area contributed by atoms with E-state index in [2.05, 4.69) is 5.32 Å². The minimum Gasteiger partial charge on any atom is -0.481 e. The maximum atomic E-state index is 11.7. The Labute approximate surface area is 87.9 Å². The van der Waals surface area contributed by atoms with Gasteiger partial charge in [-0.2, -0.15) is 0 Å². The number of amides is 1. The summed E-state index contributed by atoms with van der Waals surface area (Å²) in [5, 5.41) is 20.8. The Kier molecular flexibility index (Phi) is 3.65. The number of hydrogen-bond donors (Lipinski definition) is 3. The summed E-state index contributed by atoms with van der Waals surface area (Å²) in [5.41, 5.74) is 0. The van der Waals surface area contributed by atoms with Crippen LogP contribution in [0.5, 0.6) is 0 Å². The molecule has 0 aromatic carbocycles. The number of aliphatic carboxylic acids is 1. The molecule has 3 atom stereocenters. The Morgan fingerprint density at radius 2 is 2.20 bits per heavy atom. The number of carboxylic acid groups (broad SMARTS) is 1. The third-order valence-corrected chi connectivity index (χ3v) is 2.62. The van der Waals surface area contributed by atoms with Crippen molar-refractivity contribution in [3.63, 3.8) is 0 Å². The average Bonchev–Trinajstić information content (AvgIpc) is 2.14. The highest BCUT2D eigenvalue weighted by atomic mass is 16.4. The number of piperazine rings is 1. The van der Waals surface area contributed by atoms with Crippen LogP contribution in [0.1, 0.15) is 20.3 Å². The van der Waals surface area contributed by atoms with Crippen molar-refractivity contribution in [1.82, 2.24) is 10.2 Å². The van der Waals surface area contributed by atoms with Crippen LogP contribution in [0.4, 0.5) is 0 Å². The van der Waals surface area contributed by atoms with E-state index in [0.29, 0.717) is 6.54 Å². The quantitative estimate of drug-likeness (QED) is 0.562. The first kappa shape index (κ1) is 11.9. The summed E-state index contributed by atoms with van der Waals surface area (Å²) in [6.07, 6.45) is -1.17. The fourth-order valence-corrected chi connectivity index (χ4v) is 1.75. The minimum absolute atomic E-state index is 0.266. The van der Waals surface area contributed by atoms with Crippen molar-refractivity contribution in [1.29, 1.82) is 0 Å². The van der Waals surface area contributed by atoms with Crippen LogP contribution in [0.15, 0.2) is 0 Å². The summed E-state index contributed by atoms with van der Waals surface area (Å²) >= 11 is 0. The molecule has 0 bridgehead atoms. The van der Waals surface area contributed by atoms with E-state index in [9.17, 15) is 14.7 Å². The van der Waals surface area contributed by atoms with Crippen molar-refractivity contribution in [2.45, 2.75) is 38.6 Å². The Hall–Kier alpha value is -1.14. The Morgan fingerprint density at radius 3 is 2.67 bits per heavy atom. The summed E-state index contributed by atoms with van der Waals surface area (Å²) in [6, 6.07) is -1.15. The van der Waals surface area contributed by atoms with Crippen LogP contribution in [-0.2, 0) is 9.59 Å². The zero-order chi connectivity index (χ0) is 11.6. The number of nitrogens with one attached hydrogen (secondary N) is 1. The Balaban J connectivity index is 2.76. The van der Waals surface area contributed by atoms with E-state index >= 15 is 0 Å². The molecule has 1 amide bonds. The monoisotopic (exact) mass is 216 g/mol. The molecule has 3 unspecified atom stereocenters. The van der Waals surface area contributed by atoms with Crippen molar-refractivity contribution in [3.8, 4) is 0 Å². The summed E-state index contributed by atoms with van der Waals surface area (Å²) in [4.78, 5) is 23.7. The number of carboxylic acids is 1. The van der Waals surface area contributed by atoms with Gasteiger partial charge < -0.3 is 15.1 Å². The molecule has 0 spiro atoms. The predicted molar refractivity (Wildman–Crippen MR) is 52.0 cm³/mol. The molecule has 15 heavy (non-hydrogen) atoms. The fraction of sp³-hybridized carbons (Fsp3) is 0.778. The lowest BCUT2D eigenvalue weighted by atomic mass is 10.1. The van der Waals surface area contributed by atoms with E-state index in [1.807, 2.05) is 0 Å². The number of aliphatic hydroxyl groups excluding tert-OH is 1. The van der Waals surface area contributed by atoms with Crippen LogP contribution < -0.4 is 5.32 Å². The molecular formula is C9H16N2O4. The molecule has 0 saturated carbocycles. The first-order valence-electron chi connectivity index (χ1n) is 4.93. The lowest BCUT2D eigenvalue weighted by molar-refractivity contribution is -0.151. The van der Waals surface area contributed by atoms with Crippen molar-refractivity contribution in [2.75, 3.05) is 6.54 Å². The molecule has 6 heteroatoms. The first-order chi connectivity index (χ1) is 6.97. The van der Waals surface area contributed by atoms with Gasteiger partial charge in [-0.3, -0.25) is 14.9 Å². The number of nitrogens with zero attached hydrogens (tertiary/aromatic N) is 1. The molecule has 0 aromatic heterocycles. The summed E-state index contributed by atoms with van der Waals surface area (Å²) in [5.74, 6) is -1.32. The number of carbonyl (C=O) groups excluding carboxylic acids is 1. The van der Waals surface area contributed by atoms with Gasteiger partial charge in [0, 0.05) is 6.54 Å². The minimum atomic E-state index is -1.06. The predicted octanol–water partition coefficient (Wildman–Crippen LogP) is -1.01. The number of rotatable bonds is 3. The normalized spacial score (nSPS) is 31.8. The number of aliphatic hydroxyl groups is 1. The van der Waals surface area contributed by atoms with E-state index in [1.165, 1.54) is 4.90 Å². The topological polar surface area (TPSA) is 89.9 Å². The average molecular weight is 216 g/mol. The largest absolute Gasteiger partial charge is 0.481 e. The van der Waals surface area contributed by atoms with E-state index < -0.39 is 18.2 Å². The third kappa shape index (κ3) is 2.45. The van der Waals surface area contributed by atoms with Gasteiger partial charge in [-0.15, -0.1) is 0 Å². The van der Waals surface area contributed by atoms with Gasteiger partial charge in [0.15, 0.2) is 0 Å². The highest BCUT2D eigenvalue weighted by molar-refractivity contribution is 5.87. The second-order valence-corrected chi connectivity index (χ2v) is 3.63. The number of hydrogen-bond acceptors (Lipinski definition) is 4. The van der Waals surface area contributed by atoms with Crippen molar-refractivity contribution in [2.24, 2.45) is 0 Å². The maximum Gasteiger partial charge on any atom is 0.305 e. The molecule has 1 aliphatic heterocycles. The van der Waals surface area contributed by atoms with Crippen molar-refractivity contribution in [3.05, 3.63) is 0 Å². The van der Waals surface area contributed by atoms with E-state index in [0.717, 1.165) is 0 Å². The van der Waals surface area contributed by atoms with Crippen LogP contribution in [0, 0.1) is 0 Å². The molecule has 0 aromatic rings. The van der Waals surface area contributed by atoms with Gasteiger partial charge in [-0.05, 0) is 13.8 Å². The molecule has 1 rings (SSSR count). The molecule has 86 valence electrons. The molecule has 0 radical (unpaired) electrons. The van der Waals surface area contributed by atoms with Gasteiger partial charge in [0.05, 0.1) is 18.5 Å². The molecule has 0 aliphatic carbocycles. The highest BCUT2D eigenvalue weighted by Gasteiger charge is 2.38. The molecular weight excluding hydrogens is 200 g/mol. The zero-order valence-corrected chi connectivity index (χ0v) is 8.80. The molecule has 3 N–H and O–H groups in total. The van der Waals surface area contributed by atoms with Gasteiger partial charge in [-0.1, -0.05) is 0 Å². The van der Waals surface area contributed by atoms with Crippen LogP contribution >= 0.6 is 0 Å². The van der Waals surface area contributed by atoms with E-state index in [1.54, 1.807) is 13.8 Å². The number of likely N-dealkylation sites (N-methyl/N-ethyl adjacent to an activating group) is 1. The Bertz CT molecular complexity index is 269. The van der Waals surface area contributed by atoms with Gasteiger partial charge in [0.1, 0.15) is 6.23 Å². The third-order valence-electron chi connectivity index (χ3n) is 2.62. The standard InChI is InChI=1S/C9H16N2O4/c1-3-11-5(2)8(14)10-6(9(11)15)4-7(12)13/h5-6,8,10,14H,3-4H2,1-2H3,(H,12,13). The molecule has 1 saturated heterocycles. The summed E-state index contributed by atoms with van der Waals surface area (Å²) in [7, 11) is 0. The first-order valence-corrected chi connectivity index (χ1v) is 4.93. The summed E-state index contributed by atoms with van der Waals surface area (Å²) < 4.78 is 0. The lowest BCUT2D eigenvalue weighted by Crippen LogP contribution is -2.64. The van der Waals surface area contributed by atoms with Crippen LogP contribution in [-0.4, -0.2) is 51.8 Å². The van der Waals surface area contributed by atoms with E-state index in [4.69, 9.17) is 5.11 Å². The van der Waals surface area contributed by atoms with Crippen LogP contribution in [0.25, 0.3) is 0 Å². The fourth-order valence-electron chi connectivity index (χ4n) is 1.75. The van der Waals surface area contributed by atoms with Crippen LogP contribution in [0.2, 0.25) is 0 Å². The van der Waals surface area contributed by atoms with Gasteiger partial charge in [0.2, 0.25) is 5.91 Å². The zero-order valence-electron chi connectivity index (χ0n) is 8.80. The molecule has 1 aliphatic rings.